The molecule has 0 radical (unpaired) electrons. The monoisotopic (exact) mass is 494 g/mol. The fourth-order valence-electron chi connectivity index (χ4n) is 3.07. The van der Waals surface area contributed by atoms with Gasteiger partial charge in [0.05, 0.1) is 28.8 Å². The molecule has 0 spiro atoms. The van der Waals surface area contributed by atoms with Crippen molar-refractivity contribution in [2.75, 3.05) is 0 Å². The molecule has 0 fully saturated rings. The van der Waals surface area contributed by atoms with Gasteiger partial charge in [0.25, 0.3) is 5.89 Å². The fraction of sp³-hybridized carbons (Fsp3) is 0.200. The normalized spacial score (nSPS) is 12.1. The molecule has 0 aliphatic heterocycles. The van der Waals surface area contributed by atoms with E-state index < -0.39 is 21.8 Å². The number of benzene rings is 1. The van der Waals surface area contributed by atoms with Gasteiger partial charge in [-0.05, 0) is 17.7 Å². The van der Waals surface area contributed by atoms with Gasteiger partial charge in [-0.1, -0.05) is 23.4 Å². The van der Waals surface area contributed by atoms with Crippen molar-refractivity contribution < 1.29 is 30.8 Å². The lowest BCUT2D eigenvalue weighted by Gasteiger charge is -2.09. The number of nitrogens with two attached hydrogens (primary N) is 1. The first-order chi connectivity index (χ1) is 16.0. The highest BCUT2D eigenvalue weighted by molar-refractivity contribution is 7.88. The molecule has 34 heavy (non-hydrogen) atoms. The number of aromatic nitrogens is 5. The molecule has 3 heterocycles. The predicted octanol–water partition coefficient (Wildman–Crippen LogP) is 2.92. The zero-order chi connectivity index (χ0) is 24.5. The van der Waals surface area contributed by atoms with Crippen molar-refractivity contribution in [3.63, 3.8) is 0 Å². The Kier molecular flexibility index (Phi) is 6.10. The van der Waals surface area contributed by atoms with Crippen LogP contribution in [0.4, 0.5) is 13.2 Å². The van der Waals surface area contributed by atoms with Gasteiger partial charge in [0, 0.05) is 24.9 Å². The number of rotatable bonds is 7. The van der Waals surface area contributed by atoms with Crippen LogP contribution in [0.5, 0.6) is 5.88 Å². The summed E-state index contributed by atoms with van der Waals surface area (Å²) in [5.41, 5.74) is 1.07. The molecule has 178 valence electrons. The Balaban J connectivity index is 1.53. The molecule has 1 aromatic carbocycles. The highest BCUT2D eigenvalue weighted by atomic mass is 32.2. The zero-order valence-corrected chi connectivity index (χ0v) is 18.3. The average molecular weight is 494 g/mol. The molecule has 0 aliphatic carbocycles. The van der Waals surface area contributed by atoms with E-state index in [0.717, 1.165) is 12.1 Å². The van der Waals surface area contributed by atoms with Crippen LogP contribution in [0.25, 0.3) is 22.8 Å². The van der Waals surface area contributed by atoms with Crippen molar-refractivity contribution in [3.8, 4) is 28.7 Å². The smallest absolute Gasteiger partial charge is 0.417 e. The van der Waals surface area contributed by atoms with Crippen molar-refractivity contribution >= 4 is 10.0 Å². The lowest BCUT2D eigenvalue weighted by Crippen LogP contribution is -2.14. The zero-order valence-electron chi connectivity index (χ0n) is 17.5. The van der Waals surface area contributed by atoms with E-state index in [1.165, 1.54) is 10.9 Å². The first kappa shape index (κ1) is 23.4. The van der Waals surface area contributed by atoms with Gasteiger partial charge < -0.3 is 9.26 Å². The van der Waals surface area contributed by atoms with Crippen LogP contribution in [-0.4, -0.2) is 33.3 Å². The molecule has 4 rings (SSSR count). The van der Waals surface area contributed by atoms with Crippen LogP contribution in [0.1, 0.15) is 16.8 Å². The van der Waals surface area contributed by atoms with Crippen molar-refractivity contribution in [2.45, 2.75) is 18.5 Å². The van der Waals surface area contributed by atoms with Crippen molar-refractivity contribution in [2.24, 2.45) is 12.2 Å². The standard InChI is InChI=1S/C20H17F3N6O4S/c1-29-16(10-32-17-6-5-14(8-25-17)20(21,22)23)15(9-26-29)19-27-18(28-33-19)13-4-2-3-12(7-13)11-34(24,30)31/h2-9H,10-11H2,1H3,(H2,24,30,31). The lowest BCUT2D eigenvalue weighted by atomic mass is 10.1. The van der Waals surface area contributed by atoms with Gasteiger partial charge in [-0.15, -0.1) is 0 Å². The molecule has 2 N–H and O–H groups in total. The van der Waals surface area contributed by atoms with E-state index in [0.29, 0.717) is 28.6 Å². The van der Waals surface area contributed by atoms with Crippen molar-refractivity contribution in [1.82, 2.24) is 24.9 Å². The number of sulfonamides is 1. The number of alkyl halides is 3. The number of pyridine rings is 1. The Hall–Kier alpha value is -3.78. The topological polar surface area (TPSA) is 139 Å². The Morgan fingerprint density at radius 1 is 1.18 bits per heavy atom. The van der Waals surface area contributed by atoms with Crippen LogP contribution in [0, 0.1) is 0 Å². The minimum absolute atomic E-state index is 0.00182. The summed E-state index contributed by atoms with van der Waals surface area (Å²) >= 11 is 0. The molecule has 10 nitrogen and oxygen atoms in total. The summed E-state index contributed by atoms with van der Waals surface area (Å²) in [4.78, 5) is 8.03. The highest BCUT2D eigenvalue weighted by Crippen LogP contribution is 2.30. The SMILES string of the molecule is Cn1ncc(-c2nc(-c3cccc(CS(N)(=O)=O)c3)no2)c1COc1ccc(C(F)(F)F)cn1. The minimum Gasteiger partial charge on any atom is -0.471 e. The Morgan fingerprint density at radius 2 is 1.97 bits per heavy atom. The molecule has 3 aromatic heterocycles. The number of primary sulfonamides is 1. The Morgan fingerprint density at radius 3 is 2.65 bits per heavy atom. The molecule has 0 aliphatic rings. The van der Waals surface area contributed by atoms with E-state index in [2.05, 4.69) is 20.2 Å². The lowest BCUT2D eigenvalue weighted by molar-refractivity contribution is -0.137. The van der Waals surface area contributed by atoms with Gasteiger partial charge >= 0.3 is 6.18 Å². The van der Waals surface area contributed by atoms with Crippen LogP contribution in [0.3, 0.4) is 0 Å². The van der Waals surface area contributed by atoms with Gasteiger partial charge in [0.2, 0.25) is 21.7 Å². The summed E-state index contributed by atoms with van der Waals surface area (Å²) in [5.74, 6) is -0.00321. The van der Waals surface area contributed by atoms with Crippen LogP contribution in [-0.2, 0) is 35.6 Å². The summed E-state index contributed by atoms with van der Waals surface area (Å²) in [5, 5.41) is 13.2. The van der Waals surface area contributed by atoms with Crippen LogP contribution < -0.4 is 9.88 Å². The van der Waals surface area contributed by atoms with E-state index in [-0.39, 0.29) is 30.0 Å². The molecular formula is C20H17F3N6O4S. The largest absolute Gasteiger partial charge is 0.471 e. The summed E-state index contributed by atoms with van der Waals surface area (Å²) in [6, 6.07) is 8.53. The maximum Gasteiger partial charge on any atom is 0.417 e. The molecular weight excluding hydrogens is 477 g/mol. The van der Waals surface area contributed by atoms with E-state index in [9.17, 15) is 21.6 Å². The first-order valence-electron chi connectivity index (χ1n) is 9.60. The second kappa shape index (κ2) is 8.87. The number of nitrogens with zero attached hydrogens (tertiary/aromatic N) is 5. The molecule has 4 aromatic rings. The average Bonchev–Trinajstić information content (AvgIpc) is 3.38. The summed E-state index contributed by atoms with van der Waals surface area (Å²) in [6.07, 6.45) is -2.32. The van der Waals surface area contributed by atoms with Gasteiger partial charge in [0.15, 0.2) is 0 Å². The Labute approximate surface area is 191 Å². The molecule has 14 heteroatoms. The highest BCUT2D eigenvalue weighted by Gasteiger charge is 2.30. The van der Waals surface area contributed by atoms with Crippen molar-refractivity contribution in [3.05, 3.63) is 65.6 Å². The number of aryl methyl sites for hydroxylation is 1. The molecule has 0 saturated heterocycles. The van der Waals surface area contributed by atoms with Crippen molar-refractivity contribution in [1.29, 1.82) is 0 Å². The third-order valence-electron chi connectivity index (χ3n) is 4.69. The molecule has 0 atom stereocenters. The summed E-state index contributed by atoms with van der Waals surface area (Å²) in [7, 11) is -2.06. The first-order valence-corrected chi connectivity index (χ1v) is 11.3. The fourth-order valence-corrected chi connectivity index (χ4v) is 3.72. The maximum absolute atomic E-state index is 12.7. The van der Waals surface area contributed by atoms with E-state index >= 15 is 0 Å². The molecule has 0 bridgehead atoms. The van der Waals surface area contributed by atoms with Crippen LogP contribution >= 0.6 is 0 Å². The van der Waals surface area contributed by atoms with Gasteiger partial charge in [-0.3, -0.25) is 4.68 Å². The molecule has 0 amide bonds. The second-order valence-corrected chi connectivity index (χ2v) is 8.85. The maximum atomic E-state index is 12.7. The third kappa shape index (κ3) is 5.40. The summed E-state index contributed by atoms with van der Waals surface area (Å²) in [6.45, 7) is -0.0776. The predicted molar refractivity (Wildman–Crippen MR) is 112 cm³/mol. The van der Waals surface area contributed by atoms with Gasteiger partial charge in [-0.2, -0.15) is 23.3 Å². The van der Waals surface area contributed by atoms with E-state index in [1.54, 1.807) is 31.3 Å². The van der Waals surface area contributed by atoms with Crippen LogP contribution in [0.15, 0.2) is 53.3 Å². The molecule has 0 saturated carbocycles. The number of hydrogen-bond acceptors (Lipinski definition) is 8. The van der Waals surface area contributed by atoms with Crippen LogP contribution in [0.2, 0.25) is 0 Å². The number of halogens is 3. The quantitative estimate of drug-likeness (QED) is 0.414. The van der Waals surface area contributed by atoms with E-state index in [4.69, 9.17) is 14.4 Å². The number of ether oxygens (including phenoxy) is 1. The molecule has 0 unspecified atom stereocenters. The van der Waals surface area contributed by atoms with Gasteiger partial charge in [-0.25, -0.2) is 18.5 Å². The second-order valence-electron chi connectivity index (χ2n) is 7.23. The minimum atomic E-state index is -4.49. The third-order valence-corrected chi connectivity index (χ3v) is 5.43. The van der Waals surface area contributed by atoms with Gasteiger partial charge in [0.1, 0.15) is 6.61 Å². The van der Waals surface area contributed by atoms with E-state index in [1.807, 2.05) is 0 Å². The number of hydrogen-bond donors (Lipinski definition) is 1. The summed E-state index contributed by atoms with van der Waals surface area (Å²) < 4.78 is 73.2. The Bertz CT molecular complexity index is 1410.